The van der Waals surface area contributed by atoms with E-state index in [1.54, 1.807) is 24.3 Å². The molecule has 0 atom stereocenters. The van der Waals surface area contributed by atoms with Crippen molar-refractivity contribution in [3.63, 3.8) is 0 Å². The molecule has 0 radical (unpaired) electrons. The van der Waals surface area contributed by atoms with Crippen LogP contribution in [0.4, 0.5) is 0 Å². The van der Waals surface area contributed by atoms with Crippen molar-refractivity contribution < 1.29 is 19.1 Å². The minimum absolute atomic E-state index is 0.331. The average Bonchev–Trinajstić information content (AvgIpc) is 2.65. The third-order valence-corrected chi connectivity index (χ3v) is 7.51. The molecule has 2 aromatic carbocycles. The van der Waals surface area contributed by atoms with Crippen LogP contribution in [0.2, 0.25) is 12.6 Å². The quantitative estimate of drug-likeness (QED) is 0.507. The summed E-state index contributed by atoms with van der Waals surface area (Å²) in [6, 6.07) is 18.8. The van der Waals surface area contributed by atoms with E-state index in [9.17, 15) is 9.59 Å². The van der Waals surface area contributed by atoms with Crippen molar-refractivity contribution in [2.75, 3.05) is 12.5 Å². The van der Waals surface area contributed by atoms with Gasteiger partial charge in [-0.1, -0.05) is 56.8 Å². The second-order valence-corrected chi connectivity index (χ2v) is 11.9. The Morgan fingerprint density at radius 1 is 0.808 bits per heavy atom. The molecule has 0 aromatic heterocycles. The average molecular weight is 371 g/mol. The van der Waals surface area contributed by atoms with Crippen molar-refractivity contribution in [1.82, 2.24) is 0 Å². The van der Waals surface area contributed by atoms with Crippen molar-refractivity contribution in [3.8, 4) is 0 Å². The molecule has 0 saturated carbocycles. The van der Waals surface area contributed by atoms with E-state index < -0.39 is 8.07 Å². The van der Waals surface area contributed by atoms with E-state index in [0.29, 0.717) is 29.5 Å². The SMILES string of the molecule is CC(C)C[Si](C)(COC(=O)c1ccccc1)COC(=O)c1ccccc1. The van der Waals surface area contributed by atoms with Gasteiger partial charge in [-0.3, -0.25) is 0 Å². The molecule has 0 aliphatic carbocycles. The van der Waals surface area contributed by atoms with Crippen LogP contribution >= 0.6 is 0 Å². The number of esters is 2. The number of benzene rings is 2. The maximum atomic E-state index is 12.2. The normalized spacial score (nSPS) is 11.2. The maximum Gasteiger partial charge on any atom is 0.337 e. The van der Waals surface area contributed by atoms with Crippen molar-refractivity contribution in [2.45, 2.75) is 26.4 Å². The van der Waals surface area contributed by atoms with Crippen molar-refractivity contribution in [3.05, 3.63) is 71.8 Å². The first-order chi connectivity index (χ1) is 12.4. The molecule has 0 spiro atoms. The highest BCUT2D eigenvalue weighted by Gasteiger charge is 2.33. The van der Waals surface area contributed by atoms with Crippen LogP contribution in [-0.4, -0.2) is 32.5 Å². The van der Waals surface area contributed by atoms with Crippen LogP contribution in [-0.2, 0) is 9.47 Å². The highest BCUT2D eigenvalue weighted by atomic mass is 28.3. The molecule has 138 valence electrons. The van der Waals surface area contributed by atoms with E-state index in [0.717, 1.165) is 6.04 Å². The van der Waals surface area contributed by atoms with Gasteiger partial charge in [0, 0.05) is 0 Å². The van der Waals surface area contributed by atoms with Gasteiger partial charge in [0.05, 0.1) is 23.6 Å². The number of carbonyl (C=O) groups is 2. The molecular formula is C21H26O4Si. The van der Waals surface area contributed by atoms with Crippen LogP contribution in [0.15, 0.2) is 60.7 Å². The topological polar surface area (TPSA) is 52.6 Å². The summed E-state index contributed by atoms with van der Waals surface area (Å²) in [7, 11) is -2.09. The van der Waals surface area contributed by atoms with E-state index in [-0.39, 0.29) is 11.9 Å². The summed E-state index contributed by atoms with van der Waals surface area (Å²) in [5.74, 6) is -0.220. The Labute approximate surface area is 156 Å². The molecule has 0 N–H and O–H groups in total. The summed E-state index contributed by atoms with van der Waals surface area (Å²) < 4.78 is 11.1. The lowest BCUT2D eigenvalue weighted by atomic mass is 10.2. The summed E-state index contributed by atoms with van der Waals surface area (Å²) in [5, 5.41) is 0. The van der Waals surface area contributed by atoms with Crippen molar-refractivity contribution in [2.24, 2.45) is 5.92 Å². The highest BCUT2D eigenvalue weighted by molar-refractivity contribution is 6.78. The van der Waals surface area contributed by atoms with Gasteiger partial charge in [-0.2, -0.15) is 0 Å². The van der Waals surface area contributed by atoms with Gasteiger partial charge in [0.15, 0.2) is 0 Å². The van der Waals surface area contributed by atoms with Crippen LogP contribution in [0.5, 0.6) is 0 Å². The number of carbonyl (C=O) groups excluding carboxylic acids is 2. The standard InChI is InChI=1S/C21H26O4Si/c1-17(2)14-26(3,15-24-20(22)18-10-6-4-7-11-18)16-25-21(23)19-12-8-5-9-13-19/h4-13,17H,14-16H2,1-3H3. The summed E-state index contributed by atoms with van der Waals surface area (Å²) >= 11 is 0. The number of hydrogen-bond acceptors (Lipinski definition) is 4. The second-order valence-electron chi connectivity index (χ2n) is 7.29. The van der Waals surface area contributed by atoms with Gasteiger partial charge in [-0.05, 0) is 36.2 Å². The molecule has 0 aliphatic heterocycles. The van der Waals surface area contributed by atoms with E-state index >= 15 is 0 Å². The molecule has 0 saturated heterocycles. The van der Waals surface area contributed by atoms with Crippen LogP contribution in [0.25, 0.3) is 0 Å². The summed E-state index contributed by atoms with van der Waals surface area (Å²) in [6.07, 6.45) is 0.669. The Bertz CT molecular complexity index is 658. The zero-order valence-corrected chi connectivity index (χ0v) is 16.6. The molecule has 0 unspecified atom stereocenters. The Morgan fingerprint density at radius 2 is 1.19 bits per heavy atom. The summed E-state index contributed by atoms with van der Waals surface area (Å²) in [5.41, 5.74) is 1.07. The Hall–Kier alpha value is -2.40. The molecule has 2 rings (SSSR count). The maximum absolute atomic E-state index is 12.2. The molecule has 0 heterocycles. The van der Waals surface area contributed by atoms with Gasteiger partial charge in [-0.15, -0.1) is 0 Å². The first-order valence-corrected chi connectivity index (χ1v) is 12.0. The van der Waals surface area contributed by atoms with E-state index in [2.05, 4.69) is 20.4 Å². The lowest BCUT2D eigenvalue weighted by Gasteiger charge is -2.28. The first kappa shape index (κ1) is 19.9. The second kappa shape index (κ2) is 9.34. The number of hydrogen-bond donors (Lipinski definition) is 0. The molecule has 0 aliphatic rings. The molecule has 4 nitrogen and oxygen atoms in total. The number of ether oxygens (including phenoxy) is 2. The van der Waals surface area contributed by atoms with E-state index in [1.807, 2.05) is 36.4 Å². The summed E-state index contributed by atoms with van der Waals surface area (Å²) in [6.45, 7) is 6.37. The molecule has 0 bridgehead atoms. The van der Waals surface area contributed by atoms with Crippen molar-refractivity contribution >= 4 is 20.0 Å². The summed E-state index contributed by atoms with van der Waals surface area (Å²) in [4.78, 5) is 24.5. The zero-order valence-electron chi connectivity index (χ0n) is 15.6. The predicted molar refractivity (Wildman–Crippen MR) is 105 cm³/mol. The lowest BCUT2D eigenvalue weighted by molar-refractivity contribution is 0.0532. The van der Waals surface area contributed by atoms with Crippen LogP contribution in [0.1, 0.15) is 34.6 Å². The monoisotopic (exact) mass is 370 g/mol. The molecule has 0 fully saturated rings. The third-order valence-electron chi connectivity index (χ3n) is 4.02. The Balaban J connectivity index is 1.97. The van der Waals surface area contributed by atoms with Gasteiger partial charge in [0.2, 0.25) is 0 Å². The Morgan fingerprint density at radius 3 is 1.54 bits per heavy atom. The van der Waals surface area contributed by atoms with Crippen LogP contribution < -0.4 is 0 Å². The largest absolute Gasteiger partial charge is 0.466 e. The van der Waals surface area contributed by atoms with Crippen LogP contribution in [0.3, 0.4) is 0 Å². The van der Waals surface area contributed by atoms with E-state index in [1.165, 1.54) is 0 Å². The molecular weight excluding hydrogens is 344 g/mol. The molecule has 26 heavy (non-hydrogen) atoms. The Kier molecular flexibility index (Phi) is 7.15. The zero-order chi connectivity index (χ0) is 19.0. The van der Waals surface area contributed by atoms with Gasteiger partial charge in [0.25, 0.3) is 0 Å². The number of rotatable bonds is 8. The molecule has 2 aromatic rings. The van der Waals surface area contributed by atoms with Gasteiger partial charge >= 0.3 is 11.9 Å². The fourth-order valence-corrected chi connectivity index (χ4v) is 6.19. The van der Waals surface area contributed by atoms with Gasteiger partial charge < -0.3 is 9.47 Å². The van der Waals surface area contributed by atoms with E-state index in [4.69, 9.17) is 9.47 Å². The predicted octanol–water partition coefficient (Wildman–Crippen LogP) is 4.51. The minimum atomic E-state index is -2.09. The van der Waals surface area contributed by atoms with Crippen LogP contribution in [0, 0.1) is 5.92 Å². The molecule has 5 heteroatoms. The third kappa shape index (κ3) is 6.15. The smallest absolute Gasteiger partial charge is 0.337 e. The van der Waals surface area contributed by atoms with Gasteiger partial charge in [-0.25, -0.2) is 9.59 Å². The van der Waals surface area contributed by atoms with Crippen molar-refractivity contribution in [1.29, 1.82) is 0 Å². The lowest BCUT2D eigenvalue weighted by Crippen LogP contribution is -2.45. The fourth-order valence-electron chi connectivity index (χ4n) is 2.94. The fraction of sp³-hybridized carbons (Fsp3) is 0.333. The minimum Gasteiger partial charge on any atom is -0.466 e. The first-order valence-electron chi connectivity index (χ1n) is 8.84. The highest BCUT2D eigenvalue weighted by Crippen LogP contribution is 2.19. The van der Waals surface area contributed by atoms with Gasteiger partial charge in [0.1, 0.15) is 8.07 Å². The molecule has 0 amide bonds.